The molecule has 0 amide bonds. The first-order valence-electron chi connectivity index (χ1n) is 8.68. The van der Waals surface area contributed by atoms with Gasteiger partial charge in [0.25, 0.3) is 0 Å². The van der Waals surface area contributed by atoms with Gasteiger partial charge in [-0.2, -0.15) is 0 Å². The van der Waals surface area contributed by atoms with Gasteiger partial charge in [-0.05, 0) is 42.9 Å². The van der Waals surface area contributed by atoms with Crippen molar-refractivity contribution in [2.75, 3.05) is 13.2 Å². The molecule has 3 heteroatoms. The number of rotatable bonds is 13. The van der Waals surface area contributed by atoms with Crippen molar-refractivity contribution in [2.45, 2.75) is 91.6 Å². The molecular formula is C18H38O3. The van der Waals surface area contributed by atoms with Crippen molar-refractivity contribution < 1.29 is 15.3 Å². The Balaban J connectivity index is 3.61. The van der Waals surface area contributed by atoms with Gasteiger partial charge in [0.15, 0.2) is 0 Å². The molecule has 2 unspecified atom stereocenters. The lowest BCUT2D eigenvalue weighted by molar-refractivity contribution is 0.116. The first kappa shape index (κ1) is 20.9. The Morgan fingerprint density at radius 3 is 1.76 bits per heavy atom. The molecule has 128 valence electrons. The number of unbranched alkanes of at least 4 members (excludes halogenated alkanes) is 2. The number of aliphatic hydroxyl groups is 3. The average molecular weight is 302 g/mol. The second kappa shape index (κ2) is 10.6. The van der Waals surface area contributed by atoms with Gasteiger partial charge in [-0.1, -0.05) is 53.4 Å². The Morgan fingerprint density at radius 1 is 0.810 bits per heavy atom. The fourth-order valence-electron chi connectivity index (χ4n) is 2.51. The standard InChI is InChI=1S/C18H38O3/c1-5-18(4,15-20)13-9-7-11-16(21)10-6-8-12-17(2,3)14-19/h16,19-21H,5-15H2,1-4H3. The van der Waals surface area contributed by atoms with Crippen molar-refractivity contribution in [1.29, 1.82) is 0 Å². The molecule has 0 aromatic rings. The van der Waals surface area contributed by atoms with Crippen molar-refractivity contribution in [3.63, 3.8) is 0 Å². The topological polar surface area (TPSA) is 60.7 Å². The van der Waals surface area contributed by atoms with Gasteiger partial charge in [0, 0.05) is 13.2 Å². The maximum absolute atomic E-state index is 9.98. The van der Waals surface area contributed by atoms with Crippen LogP contribution in [0.5, 0.6) is 0 Å². The van der Waals surface area contributed by atoms with Crippen molar-refractivity contribution in [3.8, 4) is 0 Å². The van der Waals surface area contributed by atoms with Crippen molar-refractivity contribution in [2.24, 2.45) is 10.8 Å². The van der Waals surface area contributed by atoms with E-state index in [0.29, 0.717) is 0 Å². The molecule has 3 N–H and O–H groups in total. The largest absolute Gasteiger partial charge is 0.396 e. The summed E-state index contributed by atoms with van der Waals surface area (Å²) in [4.78, 5) is 0. The van der Waals surface area contributed by atoms with Gasteiger partial charge >= 0.3 is 0 Å². The predicted octanol–water partition coefficient (Wildman–Crippen LogP) is 3.90. The van der Waals surface area contributed by atoms with E-state index in [-0.39, 0.29) is 30.1 Å². The Morgan fingerprint density at radius 2 is 1.33 bits per heavy atom. The smallest absolute Gasteiger partial charge is 0.0540 e. The Kier molecular flexibility index (Phi) is 10.5. The summed E-state index contributed by atoms with van der Waals surface area (Å²) in [5.41, 5.74) is 0.0701. The van der Waals surface area contributed by atoms with Crippen LogP contribution in [0.1, 0.15) is 85.5 Å². The lowest BCUT2D eigenvalue weighted by atomic mass is 9.83. The fraction of sp³-hybridized carbons (Fsp3) is 1.00. The first-order chi connectivity index (χ1) is 9.78. The monoisotopic (exact) mass is 302 g/mol. The maximum Gasteiger partial charge on any atom is 0.0540 e. The van der Waals surface area contributed by atoms with Crippen LogP contribution in [0, 0.1) is 10.8 Å². The van der Waals surface area contributed by atoms with Crippen LogP contribution < -0.4 is 0 Å². The molecule has 3 nitrogen and oxygen atoms in total. The van der Waals surface area contributed by atoms with E-state index in [0.717, 1.165) is 57.8 Å². The SMILES string of the molecule is CCC(C)(CO)CCCCC(O)CCCCC(C)(C)CO. The maximum atomic E-state index is 9.98. The summed E-state index contributed by atoms with van der Waals surface area (Å²) in [7, 11) is 0. The summed E-state index contributed by atoms with van der Waals surface area (Å²) in [6, 6.07) is 0. The zero-order valence-corrected chi connectivity index (χ0v) is 14.7. The number of hydrogen-bond acceptors (Lipinski definition) is 3. The van der Waals surface area contributed by atoms with Crippen LogP contribution in [0.15, 0.2) is 0 Å². The molecule has 2 atom stereocenters. The van der Waals surface area contributed by atoms with Gasteiger partial charge in [-0.15, -0.1) is 0 Å². The Hall–Kier alpha value is -0.120. The molecule has 0 rings (SSSR count). The second-order valence-electron chi connectivity index (χ2n) is 7.79. The predicted molar refractivity (Wildman–Crippen MR) is 89.3 cm³/mol. The average Bonchev–Trinajstić information content (AvgIpc) is 2.48. The third kappa shape index (κ3) is 10.3. The highest BCUT2D eigenvalue weighted by atomic mass is 16.3. The van der Waals surface area contributed by atoms with Crippen molar-refractivity contribution in [3.05, 3.63) is 0 Å². The molecule has 0 spiro atoms. The molecule has 0 bridgehead atoms. The summed E-state index contributed by atoms with van der Waals surface area (Å²) in [6.45, 7) is 8.90. The molecule has 0 saturated heterocycles. The van der Waals surface area contributed by atoms with E-state index < -0.39 is 0 Å². The van der Waals surface area contributed by atoms with Gasteiger partial charge < -0.3 is 15.3 Å². The third-order valence-corrected chi connectivity index (χ3v) is 4.87. The molecule has 0 aromatic heterocycles. The molecule has 0 radical (unpaired) electrons. The number of aliphatic hydroxyl groups excluding tert-OH is 3. The summed E-state index contributed by atoms with van der Waals surface area (Å²) in [5, 5.41) is 28.5. The van der Waals surface area contributed by atoms with E-state index >= 15 is 0 Å². The van der Waals surface area contributed by atoms with Crippen molar-refractivity contribution in [1.82, 2.24) is 0 Å². The minimum atomic E-state index is -0.191. The van der Waals surface area contributed by atoms with E-state index in [1.54, 1.807) is 0 Å². The van der Waals surface area contributed by atoms with E-state index in [2.05, 4.69) is 27.7 Å². The highest BCUT2D eigenvalue weighted by molar-refractivity contribution is 4.72. The zero-order chi connectivity index (χ0) is 16.4. The summed E-state index contributed by atoms with van der Waals surface area (Å²) in [6.07, 6.45) is 8.84. The molecular weight excluding hydrogens is 264 g/mol. The molecule has 21 heavy (non-hydrogen) atoms. The zero-order valence-electron chi connectivity index (χ0n) is 14.7. The van der Waals surface area contributed by atoms with Crippen LogP contribution in [0.3, 0.4) is 0 Å². The van der Waals surface area contributed by atoms with Gasteiger partial charge in [0.1, 0.15) is 0 Å². The highest BCUT2D eigenvalue weighted by Gasteiger charge is 2.20. The minimum absolute atomic E-state index is 0.0137. The van der Waals surface area contributed by atoms with Crippen LogP contribution >= 0.6 is 0 Å². The van der Waals surface area contributed by atoms with Crippen LogP contribution in [-0.2, 0) is 0 Å². The van der Waals surface area contributed by atoms with Gasteiger partial charge in [0.05, 0.1) is 6.10 Å². The molecule has 0 fully saturated rings. The quantitative estimate of drug-likeness (QED) is 0.452. The minimum Gasteiger partial charge on any atom is -0.396 e. The van der Waals surface area contributed by atoms with E-state index in [1.165, 1.54) is 0 Å². The van der Waals surface area contributed by atoms with Gasteiger partial charge in [0.2, 0.25) is 0 Å². The fourth-order valence-corrected chi connectivity index (χ4v) is 2.51. The summed E-state index contributed by atoms with van der Waals surface area (Å²) in [5.74, 6) is 0. The molecule has 0 aromatic carbocycles. The lowest BCUT2D eigenvalue weighted by Crippen LogP contribution is -2.20. The van der Waals surface area contributed by atoms with Gasteiger partial charge in [-0.25, -0.2) is 0 Å². The Labute approximate surface area is 131 Å². The third-order valence-electron chi connectivity index (χ3n) is 4.87. The lowest BCUT2D eigenvalue weighted by Gasteiger charge is -2.25. The Bertz CT molecular complexity index is 247. The van der Waals surface area contributed by atoms with E-state index in [4.69, 9.17) is 0 Å². The summed E-state index contributed by atoms with van der Waals surface area (Å²) < 4.78 is 0. The van der Waals surface area contributed by atoms with Gasteiger partial charge in [-0.3, -0.25) is 0 Å². The van der Waals surface area contributed by atoms with Crippen LogP contribution in [-0.4, -0.2) is 34.6 Å². The molecule has 0 aliphatic rings. The summed E-state index contributed by atoms with van der Waals surface area (Å²) >= 11 is 0. The number of hydrogen-bond donors (Lipinski definition) is 3. The highest BCUT2D eigenvalue weighted by Crippen LogP contribution is 2.28. The van der Waals surface area contributed by atoms with Crippen molar-refractivity contribution >= 4 is 0 Å². The molecule has 0 heterocycles. The second-order valence-corrected chi connectivity index (χ2v) is 7.79. The first-order valence-corrected chi connectivity index (χ1v) is 8.68. The molecule has 0 aliphatic carbocycles. The van der Waals surface area contributed by atoms with Crippen LogP contribution in [0.4, 0.5) is 0 Å². The van der Waals surface area contributed by atoms with Crippen LogP contribution in [0.25, 0.3) is 0 Å². The normalized spacial score (nSPS) is 16.7. The molecule has 0 aliphatic heterocycles. The van der Waals surface area contributed by atoms with Crippen LogP contribution in [0.2, 0.25) is 0 Å². The van der Waals surface area contributed by atoms with E-state index in [1.807, 2.05) is 0 Å². The molecule has 0 saturated carbocycles. The van der Waals surface area contributed by atoms with E-state index in [9.17, 15) is 15.3 Å².